The summed E-state index contributed by atoms with van der Waals surface area (Å²) in [5.41, 5.74) is 2.50. The number of unbranched alkanes of at least 4 members (excludes halogenated alkanes) is 12. The normalized spacial score (nSPS) is 12.2. The van der Waals surface area contributed by atoms with E-state index in [1.54, 1.807) is 24.5 Å². The Morgan fingerprint density at radius 1 is 0.667 bits per heavy atom. The van der Waals surface area contributed by atoms with Gasteiger partial charge in [-0.25, -0.2) is 14.8 Å². The molecule has 0 bridgehead atoms. The highest BCUT2D eigenvalue weighted by molar-refractivity contribution is 5.90. The number of carbonyl (C=O) groups excluding carboxylic acids is 1. The molecule has 3 rings (SSSR count). The second-order valence-electron chi connectivity index (χ2n) is 11.7. The number of aromatic nitrogens is 2. The highest BCUT2D eigenvalue weighted by atomic mass is 19.4. The molecule has 0 aliphatic heterocycles. The lowest BCUT2D eigenvalue weighted by Gasteiger charge is -2.20. The number of ether oxygens (including phenoxy) is 2. The van der Waals surface area contributed by atoms with Crippen LogP contribution in [0.5, 0.6) is 5.75 Å². The van der Waals surface area contributed by atoms with Crippen LogP contribution in [0.4, 0.5) is 13.2 Å². The van der Waals surface area contributed by atoms with Gasteiger partial charge in [0.2, 0.25) is 0 Å². The van der Waals surface area contributed by atoms with Crippen molar-refractivity contribution in [3.8, 4) is 28.3 Å². The Bertz CT molecular complexity index is 1230. The molecule has 1 unspecified atom stereocenters. The minimum atomic E-state index is -4.60. The van der Waals surface area contributed by atoms with Crippen molar-refractivity contribution < 1.29 is 27.4 Å². The van der Waals surface area contributed by atoms with Gasteiger partial charge in [0.1, 0.15) is 5.75 Å². The largest absolute Gasteiger partial charge is 0.494 e. The van der Waals surface area contributed by atoms with Gasteiger partial charge in [0, 0.05) is 23.5 Å². The molecule has 0 aliphatic rings. The molecule has 0 aliphatic carbocycles. The zero-order valence-corrected chi connectivity index (χ0v) is 26.9. The van der Waals surface area contributed by atoms with Crippen molar-refractivity contribution in [2.75, 3.05) is 6.61 Å². The van der Waals surface area contributed by atoms with Crippen LogP contribution in [0.15, 0.2) is 60.9 Å². The van der Waals surface area contributed by atoms with Crippen molar-refractivity contribution in [1.82, 2.24) is 9.97 Å². The first-order chi connectivity index (χ1) is 21.8. The summed E-state index contributed by atoms with van der Waals surface area (Å²) in [6.45, 7) is 5.04. The molecule has 246 valence electrons. The van der Waals surface area contributed by atoms with Crippen molar-refractivity contribution in [2.24, 2.45) is 0 Å². The third-order valence-electron chi connectivity index (χ3n) is 7.92. The number of carbonyl (C=O) groups is 1. The number of hydrogen-bond acceptors (Lipinski definition) is 5. The first-order valence-corrected chi connectivity index (χ1v) is 16.7. The van der Waals surface area contributed by atoms with Crippen molar-refractivity contribution >= 4 is 5.97 Å². The molecule has 2 aromatic carbocycles. The minimum Gasteiger partial charge on any atom is -0.494 e. The van der Waals surface area contributed by atoms with Crippen LogP contribution in [-0.4, -0.2) is 34.8 Å². The Balaban J connectivity index is 1.46. The van der Waals surface area contributed by atoms with Crippen LogP contribution in [0, 0.1) is 0 Å². The van der Waals surface area contributed by atoms with Crippen molar-refractivity contribution in [3.05, 3.63) is 66.5 Å². The quantitative estimate of drug-likeness (QED) is 0.0869. The van der Waals surface area contributed by atoms with Gasteiger partial charge in [0.25, 0.3) is 0 Å². The molecule has 0 fully saturated rings. The van der Waals surface area contributed by atoms with E-state index in [4.69, 9.17) is 9.47 Å². The van der Waals surface area contributed by atoms with Gasteiger partial charge < -0.3 is 9.47 Å². The lowest BCUT2D eigenvalue weighted by molar-refractivity contribution is -0.206. The summed E-state index contributed by atoms with van der Waals surface area (Å²) in [6, 6.07) is 14.0. The van der Waals surface area contributed by atoms with E-state index in [-0.39, 0.29) is 12.0 Å². The summed E-state index contributed by atoms with van der Waals surface area (Å²) in [5.74, 6) is 0.290. The second-order valence-corrected chi connectivity index (χ2v) is 11.7. The van der Waals surface area contributed by atoms with E-state index in [9.17, 15) is 18.0 Å². The molecular weight excluding hydrogens is 577 g/mol. The molecule has 0 N–H and O–H groups in total. The molecule has 0 amide bonds. The molecule has 5 nitrogen and oxygen atoms in total. The van der Waals surface area contributed by atoms with Crippen LogP contribution in [0.2, 0.25) is 0 Å². The summed E-state index contributed by atoms with van der Waals surface area (Å²) in [7, 11) is 0. The van der Waals surface area contributed by atoms with Gasteiger partial charge in [-0.2, -0.15) is 13.2 Å². The molecule has 1 aromatic heterocycles. The molecule has 3 aromatic rings. The summed E-state index contributed by atoms with van der Waals surface area (Å²) in [4.78, 5) is 21.4. The van der Waals surface area contributed by atoms with Crippen LogP contribution < -0.4 is 4.74 Å². The number of rotatable bonds is 21. The van der Waals surface area contributed by atoms with Gasteiger partial charge >= 0.3 is 12.1 Å². The zero-order chi connectivity index (χ0) is 32.3. The summed E-state index contributed by atoms with van der Waals surface area (Å²) >= 11 is 0. The fourth-order valence-electron chi connectivity index (χ4n) is 5.15. The average Bonchev–Trinajstić information content (AvgIpc) is 3.05. The Hall–Kier alpha value is -3.42. The smallest absolute Gasteiger partial charge is 0.425 e. The fraction of sp³-hybridized carbons (Fsp3) is 0.541. The van der Waals surface area contributed by atoms with E-state index in [1.807, 2.05) is 24.3 Å². The highest BCUT2D eigenvalue weighted by Crippen LogP contribution is 2.29. The lowest BCUT2D eigenvalue weighted by atomic mass is 10.1. The molecule has 0 saturated heterocycles. The number of benzene rings is 2. The van der Waals surface area contributed by atoms with Crippen molar-refractivity contribution in [3.63, 3.8) is 0 Å². The third kappa shape index (κ3) is 13.2. The van der Waals surface area contributed by atoms with E-state index >= 15 is 0 Å². The maximum absolute atomic E-state index is 13.5. The second kappa shape index (κ2) is 19.9. The van der Waals surface area contributed by atoms with Gasteiger partial charge in [-0.1, -0.05) is 115 Å². The van der Waals surface area contributed by atoms with Gasteiger partial charge in [-0.3, -0.25) is 0 Å². The molecule has 8 heteroatoms. The van der Waals surface area contributed by atoms with Gasteiger partial charge in [-0.15, -0.1) is 0 Å². The van der Waals surface area contributed by atoms with Crippen LogP contribution in [-0.2, 0) is 4.74 Å². The van der Waals surface area contributed by atoms with E-state index in [0.29, 0.717) is 30.8 Å². The summed E-state index contributed by atoms with van der Waals surface area (Å²) < 4.78 is 51.3. The third-order valence-corrected chi connectivity index (χ3v) is 7.92. The van der Waals surface area contributed by atoms with E-state index in [2.05, 4.69) is 23.8 Å². The Kier molecular flexibility index (Phi) is 15.9. The first kappa shape index (κ1) is 36.1. The van der Waals surface area contributed by atoms with Crippen LogP contribution in [0.25, 0.3) is 22.5 Å². The van der Waals surface area contributed by atoms with E-state index < -0.39 is 18.2 Å². The highest BCUT2D eigenvalue weighted by Gasteiger charge is 2.42. The van der Waals surface area contributed by atoms with Crippen LogP contribution in [0.3, 0.4) is 0 Å². The molecule has 1 atom stereocenters. The molecule has 0 saturated carbocycles. The summed E-state index contributed by atoms with van der Waals surface area (Å²) in [5, 5.41) is 0. The van der Waals surface area contributed by atoms with E-state index in [0.717, 1.165) is 49.0 Å². The standard InChI is InChI=1S/C37H49F3N2O3/c1-3-5-7-9-11-12-14-16-26-44-33-24-22-29(23-25-33)32-27-41-35(42-28-32)30-18-20-31(21-19-30)36(43)45-34(37(38,39)40)17-15-13-10-8-6-4-2/h18-25,27-28,34H,3-17,26H2,1-2H3. The minimum absolute atomic E-state index is 0.0530. The monoisotopic (exact) mass is 626 g/mol. The molecular formula is C37H49F3N2O3. The Labute approximate surface area is 267 Å². The predicted molar refractivity (Wildman–Crippen MR) is 174 cm³/mol. The van der Waals surface area contributed by atoms with Crippen molar-refractivity contribution in [1.29, 1.82) is 0 Å². The Morgan fingerprint density at radius 3 is 1.73 bits per heavy atom. The summed E-state index contributed by atoms with van der Waals surface area (Å²) in [6.07, 6.45) is 11.7. The Morgan fingerprint density at radius 2 is 1.18 bits per heavy atom. The van der Waals surface area contributed by atoms with Gasteiger partial charge in [0.15, 0.2) is 11.9 Å². The number of hydrogen-bond donors (Lipinski definition) is 0. The molecule has 45 heavy (non-hydrogen) atoms. The van der Waals surface area contributed by atoms with Gasteiger partial charge in [0.05, 0.1) is 12.2 Å². The van der Waals surface area contributed by atoms with Crippen LogP contribution in [0.1, 0.15) is 121 Å². The maximum atomic E-state index is 13.5. The molecule has 0 radical (unpaired) electrons. The van der Waals surface area contributed by atoms with E-state index in [1.165, 1.54) is 57.1 Å². The average molecular weight is 627 g/mol. The molecule has 0 spiro atoms. The number of esters is 1. The number of halogens is 3. The van der Waals surface area contributed by atoms with Crippen molar-refractivity contribution in [2.45, 2.75) is 122 Å². The number of nitrogens with zero attached hydrogens (tertiary/aromatic N) is 2. The van der Waals surface area contributed by atoms with Gasteiger partial charge in [-0.05, 0) is 49.1 Å². The molecule has 1 heterocycles. The lowest BCUT2D eigenvalue weighted by Crippen LogP contribution is -2.33. The first-order valence-electron chi connectivity index (χ1n) is 16.7. The topological polar surface area (TPSA) is 61.3 Å². The van der Waals surface area contributed by atoms with Crippen LogP contribution >= 0.6 is 0 Å². The number of alkyl halides is 3. The predicted octanol–water partition coefficient (Wildman–Crippen LogP) is 11.2. The maximum Gasteiger partial charge on any atom is 0.425 e. The zero-order valence-electron chi connectivity index (χ0n) is 26.9. The SMILES string of the molecule is CCCCCCCCCCOc1ccc(-c2cnc(-c3ccc(C(=O)OC(CCCCCCCC)C(F)(F)F)cc3)nc2)cc1. The fourth-order valence-corrected chi connectivity index (χ4v) is 5.15.